The zero-order valence-electron chi connectivity index (χ0n) is 14.0. The molecule has 0 fully saturated rings. The number of thiophene rings is 1. The van der Waals surface area contributed by atoms with Gasteiger partial charge in [0.1, 0.15) is 5.75 Å². The minimum atomic E-state index is -0.265. The fourth-order valence-corrected chi connectivity index (χ4v) is 3.49. The summed E-state index contributed by atoms with van der Waals surface area (Å²) < 4.78 is 5.88. The molecule has 5 nitrogen and oxygen atoms in total. The van der Waals surface area contributed by atoms with E-state index in [0.29, 0.717) is 34.9 Å². The van der Waals surface area contributed by atoms with Crippen LogP contribution in [0.5, 0.6) is 11.5 Å². The lowest BCUT2D eigenvalue weighted by atomic mass is 10.1. The second-order valence-electron chi connectivity index (χ2n) is 6.07. The molecule has 2 aromatic carbocycles. The fraction of sp³-hybridized carbons (Fsp3) is 0.100. The Labute approximate surface area is 154 Å². The van der Waals surface area contributed by atoms with Gasteiger partial charge in [0.15, 0.2) is 5.75 Å². The molecular weight excluding hydrogens is 348 g/mol. The highest BCUT2D eigenvalue weighted by molar-refractivity contribution is 7.10. The van der Waals surface area contributed by atoms with Crippen LogP contribution in [0.25, 0.3) is 0 Å². The summed E-state index contributed by atoms with van der Waals surface area (Å²) in [5.41, 5.74) is 2.61. The van der Waals surface area contributed by atoms with Crippen LogP contribution in [0, 0.1) is 6.92 Å². The summed E-state index contributed by atoms with van der Waals surface area (Å²) in [4.78, 5) is 25.7. The van der Waals surface area contributed by atoms with Crippen molar-refractivity contribution in [2.24, 2.45) is 0 Å². The average molecular weight is 364 g/mol. The van der Waals surface area contributed by atoms with Gasteiger partial charge < -0.3 is 15.4 Å². The van der Waals surface area contributed by atoms with E-state index in [1.807, 2.05) is 42.6 Å². The van der Waals surface area contributed by atoms with Crippen LogP contribution >= 0.6 is 11.3 Å². The van der Waals surface area contributed by atoms with Crippen molar-refractivity contribution in [2.45, 2.75) is 13.3 Å². The quantitative estimate of drug-likeness (QED) is 0.714. The number of carbonyl (C=O) groups excluding carboxylic acids is 2. The van der Waals surface area contributed by atoms with Crippen molar-refractivity contribution in [1.29, 1.82) is 0 Å². The van der Waals surface area contributed by atoms with Crippen LogP contribution in [-0.4, -0.2) is 11.8 Å². The number of carbonyl (C=O) groups is 2. The molecule has 0 unspecified atom stereocenters. The molecule has 0 saturated heterocycles. The molecule has 0 aliphatic carbocycles. The van der Waals surface area contributed by atoms with Crippen LogP contribution in [0.15, 0.2) is 53.9 Å². The number of fused-ring (bicyclic) bond motifs is 2. The first-order chi connectivity index (χ1) is 12.6. The molecule has 1 aliphatic heterocycles. The summed E-state index contributed by atoms with van der Waals surface area (Å²) in [6, 6.07) is 14.5. The number of ether oxygens (including phenoxy) is 1. The van der Waals surface area contributed by atoms with Crippen molar-refractivity contribution in [3.05, 3.63) is 69.9 Å². The van der Waals surface area contributed by atoms with E-state index in [4.69, 9.17) is 4.74 Å². The van der Waals surface area contributed by atoms with Crippen molar-refractivity contribution < 1.29 is 14.3 Å². The summed E-state index contributed by atoms with van der Waals surface area (Å²) >= 11 is 1.54. The van der Waals surface area contributed by atoms with E-state index in [1.165, 1.54) is 11.3 Å². The van der Waals surface area contributed by atoms with Gasteiger partial charge >= 0.3 is 0 Å². The predicted octanol–water partition coefficient (Wildman–Crippen LogP) is 4.60. The van der Waals surface area contributed by atoms with Crippen molar-refractivity contribution >= 4 is 34.5 Å². The Bertz CT molecular complexity index is 996. The molecule has 0 bridgehead atoms. The normalized spacial score (nSPS) is 12.3. The van der Waals surface area contributed by atoms with Crippen molar-refractivity contribution in [2.75, 3.05) is 10.6 Å². The maximum atomic E-state index is 12.6. The van der Waals surface area contributed by atoms with Gasteiger partial charge in [0.2, 0.25) is 5.91 Å². The van der Waals surface area contributed by atoms with Crippen molar-refractivity contribution in [1.82, 2.24) is 0 Å². The highest BCUT2D eigenvalue weighted by Gasteiger charge is 2.21. The van der Waals surface area contributed by atoms with E-state index >= 15 is 0 Å². The maximum absolute atomic E-state index is 12.6. The Balaban J connectivity index is 1.57. The summed E-state index contributed by atoms with van der Waals surface area (Å²) in [5.74, 6) is 0.665. The topological polar surface area (TPSA) is 67.4 Å². The molecule has 0 atom stereocenters. The van der Waals surface area contributed by atoms with Gasteiger partial charge in [-0.2, -0.15) is 0 Å². The highest BCUT2D eigenvalue weighted by Crippen LogP contribution is 2.37. The first-order valence-electron chi connectivity index (χ1n) is 8.14. The van der Waals surface area contributed by atoms with E-state index in [1.54, 1.807) is 18.2 Å². The SMILES string of the molecule is Cc1ccc2c(c1)NC(=O)c1cc(NC(=O)Cc3cccs3)ccc1O2. The molecule has 0 saturated carbocycles. The van der Waals surface area contributed by atoms with Crippen LogP contribution < -0.4 is 15.4 Å². The van der Waals surface area contributed by atoms with Crippen LogP contribution in [0.2, 0.25) is 0 Å². The monoisotopic (exact) mass is 364 g/mol. The average Bonchev–Trinajstić information content (AvgIpc) is 3.06. The van der Waals surface area contributed by atoms with Crippen LogP contribution in [0.4, 0.5) is 11.4 Å². The first kappa shape index (κ1) is 16.4. The number of aryl methyl sites for hydroxylation is 1. The third-order valence-electron chi connectivity index (χ3n) is 4.03. The summed E-state index contributed by atoms with van der Waals surface area (Å²) in [7, 11) is 0. The lowest BCUT2D eigenvalue weighted by Gasteiger charge is -2.10. The third-order valence-corrected chi connectivity index (χ3v) is 4.90. The summed E-state index contributed by atoms with van der Waals surface area (Å²) in [6.45, 7) is 1.95. The van der Waals surface area contributed by atoms with Crippen LogP contribution in [0.1, 0.15) is 20.8 Å². The smallest absolute Gasteiger partial charge is 0.259 e. The molecule has 1 aliphatic rings. The number of hydrogen-bond donors (Lipinski definition) is 2. The first-order valence-corrected chi connectivity index (χ1v) is 9.02. The van der Waals surface area contributed by atoms with Crippen molar-refractivity contribution in [3.63, 3.8) is 0 Å². The zero-order chi connectivity index (χ0) is 18.1. The van der Waals surface area contributed by atoms with E-state index in [2.05, 4.69) is 10.6 Å². The molecule has 130 valence electrons. The van der Waals surface area contributed by atoms with Crippen LogP contribution in [0.3, 0.4) is 0 Å². The van der Waals surface area contributed by atoms with E-state index in [0.717, 1.165) is 10.4 Å². The number of hydrogen-bond acceptors (Lipinski definition) is 4. The highest BCUT2D eigenvalue weighted by atomic mass is 32.1. The molecule has 26 heavy (non-hydrogen) atoms. The number of nitrogens with one attached hydrogen (secondary N) is 2. The number of anilines is 2. The fourth-order valence-electron chi connectivity index (χ4n) is 2.79. The van der Waals surface area contributed by atoms with Gasteiger partial charge in [-0.3, -0.25) is 9.59 Å². The van der Waals surface area contributed by atoms with Crippen molar-refractivity contribution in [3.8, 4) is 11.5 Å². The van der Waals surface area contributed by atoms with E-state index in [9.17, 15) is 9.59 Å². The number of amides is 2. The molecule has 1 aromatic heterocycles. The number of benzene rings is 2. The maximum Gasteiger partial charge on any atom is 0.259 e. The van der Waals surface area contributed by atoms with Gasteiger partial charge in [0.25, 0.3) is 5.91 Å². The Morgan fingerprint density at radius 3 is 2.81 bits per heavy atom. The van der Waals surface area contributed by atoms with E-state index < -0.39 is 0 Å². The molecule has 4 rings (SSSR count). The molecule has 3 aromatic rings. The van der Waals surface area contributed by atoms with Gasteiger partial charge in [-0.25, -0.2) is 0 Å². The number of rotatable bonds is 3. The third kappa shape index (κ3) is 3.32. The second kappa shape index (κ2) is 6.65. The van der Waals surface area contributed by atoms with Gasteiger partial charge in [0, 0.05) is 10.6 Å². The molecule has 2 heterocycles. The predicted molar refractivity (Wildman–Crippen MR) is 102 cm³/mol. The minimum absolute atomic E-state index is 0.124. The van der Waals surface area contributed by atoms with Crippen LogP contribution in [-0.2, 0) is 11.2 Å². The van der Waals surface area contributed by atoms with Gasteiger partial charge in [-0.15, -0.1) is 11.3 Å². The van der Waals surface area contributed by atoms with Gasteiger partial charge in [-0.05, 0) is 54.3 Å². The zero-order valence-corrected chi connectivity index (χ0v) is 14.9. The molecule has 0 radical (unpaired) electrons. The lowest BCUT2D eigenvalue weighted by Crippen LogP contribution is -2.15. The molecular formula is C20H16N2O3S. The molecule has 2 amide bonds. The Morgan fingerprint density at radius 2 is 2.00 bits per heavy atom. The van der Waals surface area contributed by atoms with Gasteiger partial charge in [-0.1, -0.05) is 12.1 Å². The molecule has 2 N–H and O–H groups in total. The molecule has 0 spiro atoms. The Morgan fingerprint density at radius 1 is 1.15 bits per heavy atom. The summed E-state index contributed by atoms with van der Waals surface area (Å²) in [6.07, 6.45) is 0.308. The van der Waals surface area contributed by atoms with Gasteiger partial charge in [0.05, 0.1) is 17.7 Å². The largest absolute Gasteiger partial charge is 0.454 e. The standard InChI is InChI=1S/C20H16N2O3S/c1-12-4-6-18-16(9-12)22-20(24)15-10-13(5-7-17(15)25-18)21-19(23)11-14-3-2-8-26-14/h2-10H,11H2,1H3,(H,21,23)(H,22,24). The lowest BCUT2D eigenvalue weighted by molar-refractivity contribution is -0.115. The second-order valence-corrected chi connectivity index (χ2v) is 7.10. The summed E-state index contributed by atoms with van der Waals surface area (Å²) in [5, 5.41) is 7.63. The Hall–Kier alpha value is -3.12. The Kier molecular flexibility index (Phi) is 4.18. The minimum Gasteiger partial charge on any atom is -0.454 e. The van der Waals surface area contributed by atoms with E-state index in [-0.39, 0.29) is 11.8 Å². The molecule has 6 heteroatoms.